The number of nitrogens with zero attached hydrogens (tertiary/aromatic N) is 1. The fraction of sp³-hybridized carbons (Fsp3) is 0.118. The van der Waals surface area contributed by atoms with Gasteiger partial charge in [0.05, 0.1) is 5.69 Å². The maximum absolute atomic E-state index is 12.7. The second-order valence-corrected chi connectivity index (χ2v) is 5.80. The van der Waals surface area contributed by atoms with Crippen LogP contribution in [0.3, 0.4) is 0 Å². The Morgan fingerprint density at radius 1 is 0.926 bits per heavy atom. The molecular weight excluding hydrogens is 452 g/mol. The van der Waals surface area contributed by atoms with Crippen molar-refractivity contribution >= 4 is 39.1 Å². The highest BCUT2D eigenvalue weighted by atomic mass is 79.9. The van der Waals surface area contributed by atoms with Gasteiger partial charge in [-0.1, -0.05) is 18.2 Å². The van der Waals surface area contributed by atoms with Crippen molar-refractivity contribution in [3.8, 4) is 22.8 Å². The van der Waals surface area contributed by atoms with Crippen LogP contribution in [-0.2, 0) is 0 Å². The van der Waals surface area contributed by atoms with Gasteiger partial charge in [0.1, 0.15) is 11.5 Å². The summed E-state index contributed by atoms with van der Waals surface area (Å²) in [6, 6.07) is 12.8. The summed E-state index contributed by atoms with van der Waals surface area (Å²) in [6.07, 6.45) is 0. The smallest absolute Gasteiger partial charge is 0.387 e. The minimum absolute atomic E-state index is 0. The summed E-state index contributed by atoms with van der Waals surface area (Å²) in [4.78, 5) is 4.33. The van der Waals surface area contributed by atoms with E-state index in [9.17, 15) is 17.6 Å². The number of hydrogen-bond acceptors (Lipinski definition) is 5. The van der Waals surface area contributed by atoms with Crippen molar-refractivity contribution in [2.24, 2.45) is 0 Å². The van der Waals surface area contributed by atoms with Crippen LogP contribution < -0.4 is 14.8 Å². The Balaban J connectivity index is 0.00000261. The van der Waals surface area contributed by atoms with Gasteiger partial charge in [0.25, 0.3) is 0 Å². The van der Waals surface area contributed by atoms with Crippen molar-refractivity contribution in [1.82, 2.24) is 4.98 Å². The van der Waals surface area contributed by atoms with Crippen LogP contribution in [0.15, 0.2) is 53.9 Å². The molecule has 144 valence electrons. The number of para-hydroxylation sites is 1. The van der Waals surface area contributed by atoms with Crippen LogP contribution in [0, 0.1) is 0 Å². The monoisotopic (exact) mass is 464 g/mol. The Labute approximate surface area is 166 Å². The molecule has 10 heteroatoms. The third-order valence-corrected chi connectivity index (χ3v) is 3.96. The lowest BCUT2D eigenvalue weighted by atomic mass is 10.1. The molecule has 1 heterocycles. The number of aromatic nitrogens is 1. The van der Waals surface area contributed by atoms with E-state index in [1.54, 1.807) is 5.38 Å². The van der Waals surface area contributed by atoms with E-state index >= 15 is 0 Å². The first-order chi connectivity index (χ1) is 12.5. The zero-order valence-electron chi connectivity index (χ0n) is 13.4. The summed E-state index contributed by atoms with van der Waals surface area (Å²) in [6.45, 7) is -6.18. The Morgan fingerprint density at radius 2 is 1.63 bits per heavy atom. The summed E-state index contributed by atoms with van der Waals surface area (Å²) in [5.41, 5.74) is 1.43. The van der Waals surface area contributed by atoms with Crippen LogP contribution in [0.5, 0.6) is 11.5 Å². The van der Waals surface area contributed by atoms with Crippen molar-refractivity contribution in [3.63, 3.8) is 0 Å². The van der Waals surface area contributed by atoms with E-state index in [-0.39, 0.29) is 34.0 Å². The maximum atomic E-state index is 12.7. The van der Waals surface area contributed by atoms with Crippen molar-refractivity contribution in [2.45, 2.75) is 13.2 Å². The number of nitrogens with one attached hydrogen (secondary N) is 1. The second kappa shape index (κ2) is 9.56. The van der Waals surface area contributed by atoms with Crippen molar-refractivity contribution < 1.29 is 27.0 Å². The topological polar surface area (TPSA) is 43.4 Å². The second-order valence-electron chi connectivity index (χ2n) is 4.94. The van der Waals surface area contributed by atoms with Gasteiger partial charge in [-0.25, -0.2) is 4.98 Å². The van der Waals surface area contributed by atoms with E-state index in [0.29, 0.717) is 10.8 Å². The Morgan fingerprint density at radius 3 is 2.30 bits per heavy atom. The first-order valence-electron chi connectivity index (χ1n) is 7.33. The third-order valence-electron chi connectivity index (χ3n) is 3.20. The van der Waals surface area contributed by atoms with Crippen molar-refractivity contribution in [3.05, 3.63) is 53.9 Å². The summed E-state index contributed by atoms with van der Waals surface area (Å²) in [5, 5.41) is 5.28. The van der Waals surface area contributed by atoms with Gasteiger partial charge < -0.3 is 14.8 Å². The molecule has 0 radical (unpaired) electrons. The quantitative estimate of drug-likeness (QED) is 0.414. The van der Waals surface area contributed by atoms with Crippen molar-refractivity contribution in [1.29, 1.82) is 0 Å². The summed E-state index contributed by atoms with van der Waals surface area (Å²) in [7, 11) is 0. The largest absolute Gasteiger partial charge is 0.435 e. The molecule has 1 N–H and O–H groups in total. The molecule has 0 spiro atoms. The number of ether oxygens (including phenoxy) is 2. The van der Waals surface area contributed by atoms with E-state index in [0.717, 1.165) is 11.8 Å². The zero-order chi connectivity index (χ0) is 18.5. The number of hydrogen-bond donors (Lipinski definition) is 1. The molecule has 0 aliphatic heterocycles. The van der Waals surface area contributed by atoms with Crippen LogP contribution in [0.2, 0.25) is 0 Å². The van der Waals surface area contributed by atoms with Gasteiger partial charge in [0.2, 0.25) is 0 Å². The molecule has 0 aliphatic rings. The van der Waals surface area contributed by atoms with Gasteiger partial charge in [-0.2, -0.15) is 17.6 Å². The molecule has 2 aromatic carbocycles. The first-order valence-corrected chi connectivity index (χ1v) is 8.21. The molecule has 0 saturated heterocycles. The summed E-state index contributed by atoms with van der Waals surface area (Å²) in [5.74, 6) is -0.577. The van der Waals surface area contributed by atoms with Gasteiger partial charge in [-0.3, -0.25) is 0 Å². The third kappa shape index (κ3) is 5.83. The average molecular weight is 465 g/mol. The SMILES string of the molecule is Br.FC(F)Oc1ccc(-c2csc(Nc3ccccc3)n2)c(OC(F)F)c1. The van der Waals surface area contributed by atoms with Crippen LogP contribution in [0.4, 0.5) is 28.4 Å². The Hall–Kier alpha value is -2.33. The average Bonchev–Trinajstić information content (AvgIpc) is 3.03. The predicted octanol–water partition coefficient (Wildman–Crippen LogP) is 6.33. The van der Waals surface area contributed by atoms with Crippen LogP contribution >= 0.6 is 28.3 Å². The molecule has 3 aromatic rings. The Kier molecular flexibility index (Phi) is 7.43. The molecule has 0 fully saturated rings. The standard InChI is InChI=1S/C17H12F4N2O2S.BrH/c18-15(19)24-11-6-7-12(14(8-11)25-16(20)21)13-9-26-17(23-13)22-10-4-2-1-3-5-10;/h1-9,15-16H,(H,22,23);1H. The van der Waals surface area contributed by atoms with E-state index < -0.39 is 13.2 Å². The van der Waals surface area contributed by atoms with Crippen LogP contribution in [0.1, 0.15) is 0 Å². The number of anilines is 2. The lowest BCUT2D eigenvalue weighted by Gasteiger charge is -2.12. The molecule has 0 saturated carbocycles. The highest BCUT2D eigenvalue weighted by molar-refractivity contribution is 8.93. The maximum Gasteiger partial charge on any atom is 0.387 e. The van der Waals surface area contributed by atoms with Gasteiger partial charge >= 0.3 is 13.2 Å². The number of thiazole rings is 1. The van der Waals surface area contributed by atoms with E-state index in [2.05, 4.69) is 19.8 Å². The van der Waals surface area contributed by atoms with Gasteiger partial charge in [-0.15, -0.1) is 28.3 Å². The fourth-order valence-corrected chi connectivity index (χ4v) is 2.91. The summed E-state index contributed by atoms with van der Waals surface area (Å²) < 4.78 is 58.6. The van der Waals surface area contributed by atoms with Crippen molar-refractivity contribution in [2.75, 3.05) is 5.32 Å². The minimum Gasteiger partial charge on any atom is -0.435 e. The molecule has 0 atom stereocenters. The zero-order valence-corrected chi connectivity index (χ0v) is 16.0. The molecule has 27 heavy (non-hydrogen) atoms. The van der Waals surface area contributed by atoms with Gasteiger partial charge in [0, 0.05) is 22.7 Å². The predicted molar refractivity (Wildman–Crippen MR) is 101 cm³/mol. The van der Waals surface area contributed by atoms with Gasteiger partial charge in [0.15, 0.2) is 5.13 Å². The summed E-state index contributed by atoms with van der Waals surface area (Å²) >= 11 is 1.27. The van der Waals surface area contributed by atoms with Crippen LogP contribution in [0.25, 0.3) is 11.3 Å². The lowest BCUT2D eigenvalue weighted by molar-refractivity contribution is -0.0540. The van der Waals surface area contributed by atoms with E-state index in [1.807, 2.05) is 30.3 Å². The number of benzene rings is 2. The molecular formula is C17H13BrF4N2O2S. The molecule has 3 rings (SSSR count). The number of alkyl halides is 4. The molecule has 1 aromatic heterocycles. The molecule has 0 aliphatic carbocycles. The van der Waals surface area contributed by atoms with E-state index in [4.69, 9.17) is 0 Å². The normalized spacial score (nSPS) is 10.6. The lowest BCUT2D eigenvalue weighted by Crippen LogP contribution is -2.05. The molecule has 0 bridgehead atoms. The van der Waals surface area contributed by atoms with E-state index in [1.165, 1.54) is 23.5 Å². The highest BCUT2D eigenvalue weighted by Crippen LogP contribution is 2.36. The molecule has 0 unspecified atom stereocenters. The van der Waals surface area contributed by atoms with Crippen LogP contribution in [-0.4, -0.2) is 18.2 Å². The first kappa shape index (κ1) is 21.0. The highest BCUT2D eigenvalue weighted by Gasteiger charge is 2.16. The molecule has 4 nitrogen and oxygen atoms in total. The molecule has 0 amide bonds. The number of rotatable bonds is 7. The van der Waals surface area contributed by atoms with Gasteiger partial charge in [-0.05, 0) is 24.3 Å². The fourth-order valence-electron chi connectivity index (χ4n) is 2.18. The minimum atomic E-state index is -3.11. The Bertz CT molecular complexity index is 865. The number of halogens is 5.